The molecule has 0 heterocycles. The Morgan fingerprint density at radius 1 is 1.44 bits per heavy atom. The normalized spacial score (nSPS) is 14.2. The van der Waals surface area contributed by atoms with Crippen LogP contribution in [-0.4, -0.2) is 17.2 Å². The van der Waals surface area contributed by atoms with Gasteiger partial charge in [-0.2, -0.15) is 0 Å². The second-order valence-electron chi connectivity index (χ2n) is 3.91. The quantitative estimate of drug-likeness (QED) is 0.817. The summed E-state index contributed by atoms with van der Waals surface area (Å²) < 4.78 is 5.30. The molecule has 1 aromatic rings. The number of ether oxygens (including phenoxy) is 1. The van der Waals surface area contributed by atoms with E-state index in [-0.39, 0.29) is 6.04 Å². The van der Waals surface area contributed by atoms with E-state index in [4.69, 9.17) is 15.6 Å². The predicted octanol–water partition coefficient (Wildman–Crippen LogP) is 1.87. The van der Waals surface area contributed by atoms with Gasteiger partial charge in [-0.05, 0) is 38.0 Å². The maximum Gasteiger partial charge on any atom is 0.344 e. The van der Waals surface area contributed by atoms with E-state index in [1.807, 2.05) is 26.0 Å². The van der Waals surface area contributed by atoms with Gasteiger partial charge in [0, 0.05) is 6.04 Å². The fourth-order valence-corrected chi connectivity index (χ4v) is 1.33. The molecule has 0 aliphatic rings. The average Bonchev–Trinajstić information content (AvgIpc) is 2.20. The van der Waals surface area contributed by atoms with E-state index < -0.39 is 12.1 Å². The monoisotopic (exact) mass is 223 g/mol. The van der Waals surface area contributed by atoms with Gasteiger partial charge >= 0.3 is 5.97 Å². The first-order valence-corrected chi connectivity index (χ1v) is 5.17. The molecule has 0 aliphatic carbocycles. The molecule has 1 aromatic carbocycles. The zero-order valence-corrected chi connectivity index (χ0v) is 9.73. The topological polar surface area (TPSA) is 72.5 Å². The van der Waals surface area contributed by atoms with Crippen LogP contribution in [0.4, 0.5) is 0 Å². The SMILES string of the molecule is Cc1cc(C(C)N)ccc1OC(C)C(=O)O. The van der Waals surface area contributed by atoms with Crippen LogP contribution in [-0.2, 0) is 4.79 Å². The Bertz CT molecular complexity index is 388. The van der Waals surface area contributed by atoms with E-state index in [0.29, 0.717) is 5.75 Å². The summed E-state index contributed by atoms with van der Waals surface area (Å²) in [7, 11) is 0. The minimum absolute atomic E-state index is 0.0374. The van der Waals surface area contributed by atoms with Gasteiger partial charge < -0.3 is 15.6 Å². The Morgan fingerprint density at radius 2 is 2.06 bits per heavy atom. The summed E-state index contributed by atoms with van der Waals surface area (Å²) in [6.07, 6.45) is -0.847. The fourth-order valence-electron chi connectivity index (χ4n) is 1.33. The smallest absolute Gasteiger partial charge is 0.344 e. The molecule has 0 fully saturated rings. The van der Waals surface area contributed by atoms with E-state index in [9.17, 15) is 4.79 Å². The Kier molecular flexibility index (Phi) is 3.90. The minimum Gasteiger partial charge on any atom is -0.479 e. The van der Waals surface area contributed by atoms with Crippen LogP contribution in [0.1, 0.15) is 31.0 Å². The van der Waals surface area contributed by atoms with E-state index in [2.05, 4.69) is 0 Å². The Hall–Kier alpha value is -1.55. The Balaban J connectivity index is 2.87. The van der Waals surface area contributed by atoms with Gasteiger partial charge in [-0.25, -0.2) is 4.79 Å². The summed E-state index contributed by atoms with van der Waals surface area (Å²) in [6, 6.07) is 5.48. The van der Waals surface area contributed by atoms with E-state index in [0.717, 1.165) is 11.1 Å². The van der Waals surface area contributed by atoms with E-state index >= 15 is 0 Å². The molecule has 0 saturated heterocycles. The second kappa shape index (κ2) is 4.99. The number of carboxylic acid groups (broad SMARTS) is 1. The standard InChI is InChI=1S/C12H17NO3/c1-7-6-10(8(2)13)4-5-11(7)16-9(3)12(14)15/h4-6,8-9H,13H2,1-3H3,(H,14,15). The van der Waals surface area contributed by atoms with Crippen molar-refractivity contribution in [2.24, 2.45) is 5.73 Å². The second-order valence-corrected chi connectivity index (χ2v) is 3.91. The number of benzene rings is 1. The molecular formula is C12H17NO3. The highest BCUT2D eigenvalue weighted by Crippen LogP contribution is 2.22. The molecule has 3 N–H and O–H groups in total. The van der Waals surface area contributed by atoms with Crippen molar-refractivity contribution in [1.29, 1.82) is 0 Å². The molecule has 0 radical (unpaired) electrons. The van der Waals surface area contributed by atoms with Gasteiger partial charge in [0.05, 0.1) is 0 Å². The van der Waals surface area contributed by atoms with E-state index in [1.54, 1.807) is 6.07 Å². The molecule has 2 atom stereocenters. The van der Waals surface area contributed by atoms with Crippen LogP contribution in [0, 0.1) is 6.92 Å². The molecule has 4 nitrogen and oxygen atoms in total. The summed E-state index contributed by atoms with van der Waals surface area (Å²) in [6.45, 7) is 5.27. The van der Waals surface area contributed by atoms with Gasteiger partial charge in [-0.1, -0.05) is 12.1 Å². The van der Waals surface area contributed by atoms with Crippen molar-refractivity contribution in [3.05, 3.63) is 29.3 Å². The Morgan fingerprint density at radius 3 is 2.50 bits per heavy atom. The molecule has 0 spiro atoms. The molecule has 16 heavy (non-hydrogen) atoms. The number of carbonyl (C=O) groups is 1. The van der Waals surface area contributed by atoms with Gasteiger partial charge in [0.1, 0.15) is 5.75 Å². The highest BCUT2D eigenvalue weighted by atomic mass is 16.5. The molecule has 88 valence electrons. The molecule has 0 saturated carbocycles. The molecular weight excluding hydrogens is 206 g/mol. The number of rotatable bonds is 4. The largest absolute Gasteiger partial charge is 0.479 e. The van der Waals surface area contributed by atoms with Gasteiger partial charge in [-0.15, -0.1) is 0 Å². The number of hydrogen-bond acceptors (Lipinski definition) is 3. The number of carboxylic acids is 1. The van der Waals surface area contributed by atoms with Crippen molar-refractivity contribution in [2.45, 2.75) is 32.9 Å². The third kappa shape index (κ3) is 2.97. The van der Waals surface area contributed by atoms with Crippen molar-refractivity contribution in [3.8, 4) is 5.75 Å². The lowest BCUT2D eigenvalue weighted by Gasteiger charge is -2.14. The lowest BCUT2D eigenvalue weighted by atomic mass is 10.1. The summed E-state index contributed by atoms with van der Waals surface area (Å²) in [4.78, 5) is 10.6. The third-order valence-electron chi connectivity index (χ3n) is 2.38. The van der Waals surface area contributed by atoms with Crippen molar-refractivity contribution < 1.29 is 14.6 Å². The van der Waals surface area contributed by atoms with Gasteiger partial charge in [-0.3, -0.25) is 0 Å². The van der Waals surface area contributed by atoms with Crippen molar-refractivity contribution in [3.63, 3.8) is 0 Å². The van der Waals surface area contributed by atoms with Crippen LogP contribution >= 0.6 is 0 Å². The maximum absolute atomic E-state index is 10.6. The highest BCUT2D eigenvalue weighted by molar-refractivity contribution is 5.72. The van der Waals surface area contributed by atoms with Crippen LogP contribution in [0.15, 0.2) is 18.2 Å². The summed E-state index contributed by atoms with van der Waals surface area (Å²) in [5.41, 5.74) is 7.65. The lowest BCUT2D eigenvalue weighted by molar-refractivity contribution is -0.144. The van der Waals surface area contributed by atoms with Crippen LogP contribution in [0.25, 0.3) is 0 Å². The average molecular weight is 223 g/mol. The van der Waals surface area contributed by atoms with Crippen LogP contribution in [0.2, 0.25) is 0 Å². The van der Waals surface area contributed by atoms with Crippen molar-refractivity contribution in [1.82, 2.24) is 0 Å². The lowest BCUT2D eigenvalue weighted by Crippen LogP contribution is -2.23. The first kappa shape index (κ1) is 12.5. The van der Waals surface area contributed by atoms with Crippen molar-refractivity contribution in [2.75, 3.05) is 0 Å². The fraction of sp³-hybridized carbons (Fsp3) is 0.417. The van der Waals surface area contributed by atoms with Crippen LogP contribution in [0.5, 0.6) is 5.75 Å². The summed E-state index contributed by atoms with van der Waals surface area (Å²) >= 11 is 0. The molecule has 2 unspecified atom stereocenters. The summed E-state index contributed by atoms with van der Waals surface area (Å²) in [5.74, 6) is -0.394. The minimum atomic E-state index is -0.976. The number of hydrogen-bond donors (Lipinski definition) is 2. The molecule has 0 bridgehead atoms. The van der Waals surface area contributed by atoms with Gasteiger partial charge in [0.2, 0.25) is 0 Å². The zero-order valence-electron chi connectivity index (χ0n) is 9.73. The Labute approximate surface area is 95.0 Å². The first-order valence-electron chi connectivity index (χ1n) is 5.17. The molecule has 4 heteroatoms. The van der Waals surface area contributed by atoms with E-state index in [1.165, 1.54) is 6.92 Å². The molecule has 0 aliphatic heterocycles. The third-order valence-corrected chi connectivity index (χ3v) is 2.38. The number of aryl methyl sites for hydroxylation is 1. The molecule has 0 aromatic heterocycles. The van der Waals surface area contributed by atoms with Crippen LogP contribution < -0.4 is 10.5 Å². The molecule has 1 rings (SSSR count). The first-order chi connectivity index (χ1) is 7.41. The number of aliphatic carboxylic acids is 1. The predicted molar refractivity (Wildman–Crippen MR) is 61.5 cm³/mol. The van der Waals surface area contributed by atoms with Crippen molar-refractivity contribution >= 4 is 5.97 Å². The van der Waals surface area contributed by atoms with Gasteiger partial charge in [0.15, 0.2) is 6.10 Å². The highest BCUT2D eigenvalue weighted by Gasteiger charge is 2.14. The van der Waals surface area contributed by atoms with Crippen LogP contribution in [0.3, 0.4) is 0 Å². The van der Waals surface area contributed by atoms with Gasteiger partial charge in [0.25, 0.3) is 0 Å². The molecule has 0 amide bonds. The number of nitrogens with two attached hydrogens (primary N) is 1. The zero-order chi connectivity index (χ0) is 12.3. The maximum atomic E-state index is 10.6. The summed E-state index contributed by atoms with van der Waals surface area (Å²) in [5, 5.41) is 8.73.